The van der Waals surface area contributed by atoms with Crippen LogP contribution in [0.15, 0.2) is 53.4 Å². The van der Waals surface area contributed by atoms with Gasteiger partial charge in [-0.25, -0.2) is 8.42 Å². The van der Waals surface area contributed by atoms with E-state index in [9.17, 15) is 13.2 Å². The second kappa shape index (κ2) is 9.48. The molecule has 0 unspecified atom stereocenters. The zero-order valence-electron chi connectivity index (χ0n) is 17.9. The second-order valence-electron chi connectivity index (χ2n) is 8.10. The number of morpholine rings is 1. The van der Waals surface area contributed by atoms with Gasteiger partial charge in [0.2, 0.25) is 10.0 Å². The molecule has 2 aromatic carbocycles. The van der Waals surface area contributed by atoms with Gasteiger partial charge in [0.15, 0.2) is 0 Å². The number of hydrogen-bond donors (Lipinski definition) is 0. The van der Waals surface area contributed by atoms with Crippen molar-refractivity contribution in [3.05, 3.63) is 65.2 Å². The van der Waals surface area contributed by atoms with Crippen molar-refractivity contribution < 1.29 is 17.9 Å². The van der Waals surface area contributed by atoms with Crippen LogP contribution < -0.4 is 0 Å². The summed E-state index contributed by atoms with van der Waals surface area (Å²) < 4.78 is 32.5. The summed E-state index contributed by atoms with van der Waals surface area (Å²) in [5.41, 5.74) is 2.94. The molecule has 0 radical (unpaired) electrons. The van der Waals surface area contributed by atoms with Gasteiger partial charge in [-0.3, -0.25) is 9.69 Å². The summed E-state index contributed by atoms with van der Waals surface area (Å²) >= 11 is 0. The Morgan fingerprint density at radius 2 is 1.65 bits per heavy atom. The normalized spacial score (nSPS) is 18.8. The van der Waals surface area contributed by atoms with Crippen molar-refractivity contribution in [1.82, 2.24) is 14.1 Å². The van der Waals surface area contributed by atoms with Gasteiger partial charge in [0, 0.05) is 51.4 Å². The molecule has 31 heavy (non-hydrogen) atoms. The smallest absolute Gasteiger partial charge is 0.253 e. The molecule has 2 heterocycles. The molecule has 2 aromatic rings. The molecule has 166 valence electrons. The van der Waals surface area contributed by atoms with Crippen LogP contribution >= 0.6 is 0 Å². The Morgan fingerprint density at radius 1 is 0.935 bits per heavy atom. The molecule has 0 atom stereocenters. The van der Waals surface area contributed by atoms with Crippen molar-refractivity contribution in [2.75, 3.05) is 52.5 Å². The highest BCUT2D eigenvalue weighted by molar-refractivity contribution is 7.89. The van der Waals surface area contributed by atoms with Crippen molar-refractivity contribution >= 4 is 15.9 Å². The lowest BCUT2D eigenvalue weighted by atomic mass is 10.1. The SMILES string of the molecule is Cc1cccc(CN2CCN(C(=O)c3cccc(S(=O)(=O)N4CCOCC4)c3)CC2)c1. The number of amides is 1. The summed E-state index contributed by atoms with van der Waals surface area (Å²) in [6.07, 6.45) is 0. The molecular weight excluding hydrogens is 414 g/mol. The number of carbonyl (C=O) groups is 1. The molecule has 0 aliphatic carbocycles. The van der Waals surface area contributed by atoms with E-state index < -0.39 is 10.0 Å². The fourth-order valence-electron chi connectivity index (χ4n) is 4.09. The summed E-state index contributed by atoms with van der Waals surface area (Å²) in [5, 5.41) is 0. The number of sulfonamides is 1. The van der Waals surface area contributed by atoms with Crippen LogP contribution in [0.2, 0.25) is 0 Å². The third kappa shape index (κ3) is 5.15. The highest BCUT2D eigenvalue weighted by Crippen LogP contribution is 2.20. The second-order valence-corrected chi connectivity index (χ2v) is 10.0. The van der Waals surface area contributed by atoms with Crippen LogP contribution in [0.5, 0.6) is 0 Å². The molecule has 8 heteroatoms. The summed E-state index contributed by atoms with van der Waals surface area (Å²) in [6.45, 7) is 7.28. The standard InChI is InChI=1S/C23H29N3O4S/c1-19-4-2-5-20(16-19)18-24-8-10-25(11-9-24)23(27)21-6-3-7-22(17-21)31(28,29)26-12-14-30-15-13-26/h2-7,16-17H,8-15,18H2,1H3. The van der Waals surface area contributed by atoms with Crippen molar-refractivity contribution in [3.63, 3.8) is 0 Å². The monoisotopic (exact) mass is 443 g/mol. The lowest BCUT2D eigenvalue weighted by molar-refractivity contribution is 0.0628. The number of carbonyl (C=O) groups excluding carboxylic acids is 1. The first-order valence-corrected chi connectivity index (χ1v) is 12.1. The van der Waals surface area contributed by atoms with Crippen molar-refractivity contribution in [2.24, 2.45) is 0 Å². The summed E-state index contributed by atoms with van der Waals surface area (Å²) in [7, 11) is -3.62. The molecule has 2 aliphatic rings. The first-order valence-electron chi connectivity index (χ1n) is 10.7. The molecule has 1 amide bonds. The van der Waals surface area contributed by atoms with E-state index in [1.54, 1.807) is 18.2 Å². The molecule has 7 nitrogen and oxygen atoms in total. The minimum atomic E-state index is -3.62. The van der Waals surface area contributed by atoms with Gasteiger partial charge in [0.05, 0.1) is 18.1 Å². The van der Waals surface area contributed by atoms with Crippen LogP contribution in [-0.2, 0) is 21.3 Å². The number of ether oxygens (including phenoxy) is 1. The third-order valence-corrected chi connectivity index (χ3v) is 7.73. The number of aryl methyl sites for hydroxylation is 1. The Hall–Kier alpha value is -2.26. The Morgan fingerprint density at radius 3 is 2.35 bits per heavy atom. The summed E-state index contributed by atoms with van der Waals surface area (Å²) in [4.78, 5) is 17.4. The van der Waals surface area contributed by atoms with Crippen LogP contribution in [-0.4, -0.2) is 80.9 Å². The van der Waals surface area contributed by atoms with E-state index in [1.807, 2.05) is 4.90 Å². The summed E-state index contributed by atoms with van der Waals surface area (Å²) in [5.74, 6) is -0.116. The average molecular weight is 444 g/mol. The van der Waals surface area contributed by atoms with Crippen molar-refractivity contribution in [1.29, 1.82) is 0 Å². The number of rotatable bonds is 5. The maximum Gasteiger partial charge on any atom is 0.253 e. The van der Waals surface area contributed by atoms with Gasteiger partial charge >= 0.3 is 0 Å². The van der Waals surface area contributed by atoms with Crippen LogP contribution in [0, 0.1) is 6.92 Å². The molecule has 4 rings (SSSR count). The third-order valence-electron chi connectivity index (χ3n) is 5.84. The van der Waals surface area contributed by atoms with Gasteiger partial charge in [0.25, 0.3) is 5.91 Å². The largest absolute Gasteiger partial charge is 0.379 e. The molecular formula is C23H29N3O4S. The number of nitrogens with zero attached hydrogens (tertiary/aromatic N) is 3. The fourth-order valence-corrected chi connectivity index (χ4v) is 5.54. The van der Waals surface area contributed by atoms with Gasteiger partial charge in [-0.1, -0.05) is 35.9 Å². The van der Waals surface area contributed by atoms with Crippen LogP contribution in [0.3, 0.4) is 0 Å². The predicted octanol–water partition coefficient (Wildman–Crippen LogP) is 1.97. The Bertz CT molecular complexity index is 1030. The molecule has 0 spiro atoms. The summed E-state index contributed by atoms with van der Waals surface area (Å²) in [6, 6.07) is 14.9. The van der Waals surface area contributed by atoms with Crippen molar-refractivity contribution in [2.45, 2.75) is 18.4 Å². The quantitative estimate of drug-likeness (QED) is 0.707. The minimum Gasteiger partial charge on any atom is -0.379 e. The topological polar surface area (TPSA) is 70.2 Å². The number of benzene rings is 2. The molecule has 2 saturated heterocycles. The lowest BCUT2D eigenvalue weighted by Gasteiger charge is -2.35. The van der Waals surface area contributed by atoms with E-state index in [-0.39, 0.29) is 10.8 Å². The van der Waals surface area contributed by atoms with E-state index in [2.05, 4.69) is 36.1 Å². The average Bonchev–Trinajstić information content (AvgIpc) is 2.80. The Kier molecular flexibility index (Phi) is 6.71. The van der Waals surface area contributed by atoms with Crippen LogP contribution in [0.25, 0.3) is 0 Å². The maximum absolute atomic E-state index is 13.0. The predicted molar refractivity (Wildman–Crippen MR) is 118 cm³/mol. The van der Waals surface area contributed by atoms with E-state index in [0.29, 0.717) is 45.0 Å². The Balaban J connectivity index is 1.39. The van der Waals surface area contributed by atoms with E-state index >= 15 is 0 Å². The van der Waals surface area contributed by atoms with Gasteiger partial charge in [-0.2, -0.15) is 4.31 Å². The highest BCUT2D eigenvalue weighted by Gasteiger charge is 2.28. The Labute approximate surface area is 184 Å². The molecule has 0 saturated carbocycles. The molecule has 0 bridgehead atoms. The molecule has 0 aromatic heterocycles. The van der Waals surface area contributed by atoms with E-state index in [0.717, 1.165) is 19.6 Å². The zero-order valence-corrected chi connectivity index (χ0v) is 18.7. The van der Waals surface area contributed by atoms with E-state index in [4.69, 9.17) is 4.74 Å². The van der Waals surface area contributed by atoms with Gasteiger partial charge in [0.1, 0.15) is 0 Å². The highest BCUT2D eigenvalue weighted by atomic mass is 32.2. The number of piperazine rings is 1. The lowest BCUT2D eigenvalue weighted by Crippen LogP contribution is -2.48. The van der Waals surface area contributed by atoms with Gasteiger partial charge in [-0.15, -0.1) is 0 Å². The van der Waals surface area contributed by atoms with Gasteiger partial charge < -0.3 is 9.64 Å². The van der Waals surface area contributed by atoms with E-state index in [1.165, 1.54) is 21.5 Å². The van der Waals surface area contributed by atoms with Crippen molar-refractivity contribution in [3.8, 4) is 0 Å². The first-order chi connectivity index (χ1) is 14.9. The zero-order chi connectivity index (χ0) is 21.8. The minimum absolute atomic E-state index is 0.116. The molecule has 2 fully saturated rings. The number of hydrogen-bond acceptors (Lipinski definition) is 5. The van der Waals surface area contributed by atoms with Crippen LogP contribution in [0.4, 0.5) is 0 Å². The fraction of sp³-hybridized carbons (Fsp3) is 0.435. The first kappa shape index (κ1) is 22.0. The van der Waals surface area contributed by atoms with Gasteiger partial charge in [-0.05, 0) is 30.7 Å². The van der Waals surface area contributed by atoms with Crippen LogP contribution in [0.1, 0.15) is 21.5 Å². The molecule has 2 aliphatic heterocycles. The molecule has 0 N–H and O–H groups in total. The maximum atomic E-state index is 13.0.